The minimum Gasteiger partial charge on any atom is -0.278 e. The summed E-state index contributed by atoms with van der Waals surface area (Å²) in [4.78, 5) is 0. The van der Waals surface area contributed by atoms with E-state index in [0.29, 0.717) is 5.15 Å². The van der Waals surface area contributed by atoms with Crippen LogP contribution in [-0.4, -0.2) is 16.0 Å². The summed E-state index contributed by atoms with van der Waals surface area (Å²) in [6, 6.07) is 24.2. The summed E-state index contributed by atoms with van der Waals surface area (Å²) in [7, 11) is 0. The van der Waals surface area contributed by atoms with Gasteiger partial charge >= 0.3 is 0 Å². The number of halogens is 1. The predicted molar refractivity (Wildman–Crippen MR) is 108 cm³/mol. The zero-order valence-corrected chi connectivity index (χ0v) is 15.0. The molecule has 0 aliphatic heterocycles. The molecular formula is C21H17ClN4. The van der Waals surface area contributed by atoms with E-state index in [9.17, 15) is 0 Å². The monoisotopic (exact) mass is 360 g/mol. The zero-order chi connectivity index (χ0) is 17.9. The van der Waals surface area contributed by atoms with Gasteiger partial charge in [-0.25, -0.2) is 4.68 Å². The van der Waals surface area contributed by atoms with E-state index in [1.54, 1.807) is 10.9 Å². The van der Waals surface area contributed by atoms with E-state index in [4.69, 9.17) is 11.6 Å². The molecule has 128 valence electrons. The molecular weight excluding hydrogens is 344 g/mol. The van der Waals surface area contributed by atoms with Crippen molar-refractivity contribution in [3.8, 4) is 5.69 Å². The summed E-state index contributed by atoms with van der Waals surface area (Å²) < 4.78 is 1.72. The summed E-state index contributed by atoms with van der Waals surface area (Å²) in [5.41, 5.74) is 6.52. The maximum atomic E-state index is 6.51. The highest BCUT2D eigenvalue weighted by Crippen LogP contribution is 2.22. The summed E-state index contributed by atoms with van der Waals surface area (Å²) in [5.74, 6) is 0. The molecule has 0 saturated heterocycles. The van der Waals surface area contributed by atoms with Crippen LogP contribution in [0, 0.1) is 6.92 Å². The molecule has 0 saturated carbocycles. The van der Waals surface area contributed by atoms with Gasteiger partial charge in [-0.2, -0.15) is 10.2 Å². The van der Waals surface area contributed by atoms with E-state index < -0.39 is 0 Å². The minimum absolute atomic E-state index is 0.540. The summed E-state index contributed by atoms with van der Waals surface area (Å²) in [6.07, 6.45) is 1.71. The van der Waals surface area contributed by atoms with Crippen LogP contribution in [0.15, 0.2) is 77.9 Å². The lowest BCUT2D eigenvalue weighted by Gasteiger charge is -2.03. The van der Waals surface area contributed by atoms with Crippen LogP contribution in [0.25, 0.3) is 16.5 Å². The average Bonchev–Trinajstić information content (AvgIpc) is 2.97. The Morgan fingerprint density at radius 1 is 0.962 bits per heavy atom. The fraction of sp³-hybridized carbons (Fsp3) is 0.0476. The SMILES string of the molecule is Cc1nn(-c2ccccc2)c(Cl)c1/C=N\Nc1ccc2ccccc2c1. The maximum absolute atomic E-state index is 6.51. The Bertz CT molecular complexity index is 1080. The van der Waals surface area contributed by atoms with Crippen molar-refractivity contribution in [3.63, 3.8) is 0 Å². The Balaban J connectivity index is 1.57. The number of para-hydroxylation sites is 1. The molecule has 4 nitrogen and oxygen atoms in total. The molecule has 0 radical (unpaired) electrons. The minimum atomic E-state index is 0.540. The van der Waals surface area contributed by atoms with Crippen molar-refractivity contribution in [2.75, 3.05) is 5.43 Å². The van der Waals surface area contributed by atoms with Crippen molar-refractivity contribution in [2.24, 2.45) is 5.10 Å². The Hall–Kier alpha value is -3.11. The van der Waals surface area contributed by atoms with Crippen molar-refractivity contribution in [3.05, 3.63) is 89.2 Å². The molecule has 5 heteroatoms. The molecule has 0 spiro atoms. The Kier molecular flexibility index (Phi) is 4.42. The number of hydrogen-bond acceptors (Lipinski definition) is 3. The number of nitrogens with zero attached hydrogens (tertiary/aromatic N) is 3. The van der Waals surface area contributed by atoms with E-state index in [1.165, 1.54) is 10.8 Å². The number of hydrogen-bond donors (Lipinski definition) is 1. The largest absolute Gasteiger partial charge is 0.278 e. The molecule has 0 atom stereocenters. The summed E-state index contributed by atoms with van der Waals surface area (Å²) in [6.45, 7) is 1.92. The highest BCUT2D eigenvalue weighted by atomic mass is 35.5. The average molecular weight is 361 g/mol. The van der Waals surface area contributed by atoms with Crippen LogP contribution in [0.3, 0.4) is 0 Å². The van der Waals surface area contributed by atoms with Crippen LogP contribution in [0.4, 0.5) is 5.69 Å². The van der Waals surface area contributed by atoms with Crippen molar-refractivity contribution >= 4 is 34.3 Å². The third kappa shape index (κ3) is 3.19. The lowest BCUT2D eigenvalue weighted by Crippen LogP contribution is -1.96. The van der Waals surface area contributed by atoms with E-state index in [1.807, 2.05) is 55.5 Å². The van der Waals surface area contributed by atoms with E-state index in [2.05, 4.69) is 39.9 Å². The van der Waals surface area contributed by atoms with Gasteiger partial charge in [-0.3, -0.25) is 5.43 Å². The molecule has 4 rings (SSSR count). The molecule has 1 N–H and O–H groups in total. The number of anilines is 1. The summed E-state index contributed by atoms with van der Waals surface area (Å²) in [5, 5.41) is 11.8. The molecule has 26 heavy (non-hydrogen) atoms. The molecule has 4 aromatic rings. The molecule has 0 fully saturated rings. The van der Waals surface area contributed by atoms with Crippen LogP contribution in [0.2, 0.25) is 5.15 Å². The second-order valence-electron chi connectivity index (χ2n) is 5.97. The molecule has 0 aliphatic carbocycles. The van der Waals surface area contributed by atoms with Gasteiger partial charge in [0.1, 0.15) is 5.15 Å². The second-order valence-corrected chi connectivity index (χ2v) is 6.33. The topological polar surface area (TPSA) is 42.2 Å². The lowest BCUT2D eigenvalue weighted by molar-refractivity contribution is 0.863. The van der Waals surface area contributed by atoms with Crippen LogP contribution >= 0.6 is 11.6 Å². The molecule has 0 unspecified atom stereocenters. The first-order chi connectivity index (χ1) is 12.7. The predicted octanol–water partition coefficient (Wildman–Crippen LogP) is 5.43. The van der Waals surface area contributed by atoms with Gasteiger partial charge in [0.2, 0.25) is 0 Å². The third-order valence-electron chi connectivity index (χ3n) is 4.19. The molecule has 0 amide bonds. The standard InChI is InChI=1S/C21H17ClN4/c1-15-20(21(22)26(25-15)19-9-3-2-4-10-19)14-23-24-18-12-11-16-7-5-6-8-17(16)13-18/h2-14,24H,1H3/b23-14-. The third-order valence-corrected chi connectivity index (χ3v) is 4.55. The molecule has 3 aromatic carbocycles. The first-order valence-corrected chi connectivity index (χ1v) is 8.68. The van der Waals surface area contributed by atoms with Crippen molar-refractivity contribution in [1.29, 1.82) is 0 Å². The Morgan fingerprint density at radius 3 is 2.50 bits per heavy atom. The second kappa shape index (κ2) is 7.02. The summed E-state index contributed by atoms with van der Waals surface area (Å²) >= 11 is 6.51. The quantitative estimate of drug-likeness (QED) is 0.389. The van der Waals surface area contributed by atoms with E-state index in [-0.39, 0.29) is 0 Å². The van der Waals surface area contributed by atoms with Gasteiger partial charge in [-0.05, 0) is 42.0 Å². The number of benzene rings is 3. The van der Waals surface area contributed by atoms with Crippen LogP contribution < -0.4 is 5.43 Å². The zero-order valence-electron chi connectivity index (χ0n) is 14.2. The van der Waals surface area contributed by atoms with Gasteiger partial charge in [0.15, 0.2) is 0 Å². The maximum Gasteiger partial charge on any atom is 0.142 e. The van der Waals surface area contributed by atoms with Crippen molar-refractivity contribution < 1.29 is 0 Å². The number of rotatable bonds is 4. The normalized spacial score (nSPS) is 11.3. The van der Waals surface area contributed by atoms with Gasteiger partial charge in [0.05, 0.1) is 28.8 Å². The van der Waals surface area contributed by atoms with Gasteiger partial charge in [-0.15, -0.1) is 0 Å². The van der Waals surface area contributed by atoms with Gasteiger partial charge in [-0.1, -0.05) is 60.1 Å². The number of aryl methyl sites for hydroxylation is 1. The Morgan fingerprint density at radius 2 is 1.69 bits per heavy atom. The van der Waals surface area contributed by atoms with Crippen LogP contribution in [-0.2, 0) is 0 Å². The molecule has 1 heterocycles. The van der Waals surface area contributed by atoms with Gasteiger partial charge in [0, 0.05) is 0 Å². The van der Waals surface area contributed by atoms with Gasteiger partial charge < -0.3 is 0 Å². The fourth-order valence-electron chi connectivity index (χ4n) is 2.83. The van der Waals surface area contributed by atoms with Gasteiger partial charge in [0.25, 0.3) is 0 Å². The van der Waals surface area contributed by atoms with Crippen molar-refractivity contribution in [1.82, 2.24) is 9.78 Å². The lowest BCUT2D eigenvalue weighted by atomic mass is 10.1. The first kappa shape index (κ1) is 16.4. The molecule has 0 aliphatic rings. The number of hydrazone groups is 1. The number of nitrogens with one attached hydrogen (secondary N) is 1. The Labute approximate surface area is 156 Å². The van der Waals surface area contributed by atoms with Crippen LogP contribution in [0.1, 0.15) is 11.3 Å². The molecule has 1 aromatic heterocycles. The smallest absolute Gasteiger partial charge is 0.142 e. The van der Waals surface area contributed by atoms with Crippen LogP contribution in [0.5, 0.6) is 0 Å². The van der Waals surface area contributed by atoms with E-state index >= 15 is 0 Å². The highest BCUT2D eigenvalue weighted by Gasteiger charge is 2.12. The molecule has 0 bridgehead atoms. The first-order valence-electron chi connectivity index (χ1n) is 8.31. The highest BCUT2D eigenvalue weighted by molar-refractivity contribution is 6.32. The van der Waals surface area contributed by atoms with Crippen molar-refractivity contribution in [2.45, 2.75) is 6.92 Å². The van der Waals surface area contributed by atoms with E-state index in [0.717, 1.165) is 22.6 Å². The fourth-order valence-corrected chi connectivity index (χ4v) is 3.15. The number of aromatic nitrogens is 2. The number of fused-ring (bicyclic) bond motifs is 1.